The van der Waals surface area contributed by atoms with Crippen LogP contribution in [0, 0.1) is 12.7 Å². The van der Waals surface area contributed by atoms with E-state index in [1.807, 2.05) is 38.1 Å². The number of aryl methyl sites for hydroxylation is 1. The number of fused-ring (bicyclic) bond motifs is 1. The van der Waals surface area contributed by atoms with Crippen LogP contribution in [0.4, 0.5) is 4.39 Å². The molecule has 34 heavy (non-hydrogen) atoms. The normalized spacial score (nSPS) is 12.9. The van der Waals surface area contributed by atoms with Crippen molar-refractivity contribution in [3.8, 4) is 11.5 Å². The number of hydrogen-bond acceptors (Lipinski definition) is 4. The van der Waals surface area contributed by atoms with Gasteiger partial charge in [0.15, 0.2) is 5.82 Å². The summed E-state index contributed by atoms with van der Waals surface area (Å²) in [6.07, 6.45) is 10.3. The first-order valence-electron chi connectivity index (χ1n) is 10.7. The van der Waals surface area contributed by atoms with Crippen LogP contribution in [0.25, 0.3) is 33.6 Å². The highest BCUT2D eigenvalue weighted by molar-refractivity contribution is 5.95. The number of nitrogens with zero attached hydrogens (tertiary/aromatic N) is 3. The van der Waals surface area contributed by atoms with Crippen LogP contribution in [-0.2, 0) is 0 Å². The minimum Gasteiger partial charge on any atom is -0.399 e. The van der Waals surface area contributed by atoms with Crippen molar-refractivity contribution in [1.82, 2.24) is 25.1 Å². The van der Waals surface area contributed by atoms with Crippen LogP contribution >= 0.6 is 0 Å². The van der Waals surface area contributed by atoms with E-state index in [-0.39, 0.29) is 0 Å². The molecule has 0 amide bonds. The fourth-order valence-electron chi connectivity index (χ4n) is 3.78. The molecule has 6 nitrogen and oxygen atoms in total. The van der Waals surface area contributed by atoms with Crippen molar-refractivity contribution in [2.75, 3.05) is 0 Å². The molecule has 170 valence electrons. The Morgan fingerprint density at radius 1 is 1.18 bits per heavy atom. The molecule has 0 spiro atoms. The van der Waals surface area contributed by atoms with E-state index in [2.05, 4.69) is 33.3 Å². The number of hydrogen-bond donors (Lipinski definition) is 3. The number of nitrogens with one attached hydrogen (secondary N) is 2. The Hall–Kier alpha value is -4.52. The zero-order valence-corrected chi connectivity index (χ0v) is 19.1. The van der Waals surface area contributed by atoms with Crippen molar-refractivity contribution in [1.29, 1.82) is 0 Å². The summed E-state index contributed by atoms with van der Waals surface area (Å²) in [5.41, 5.74) is 11.4. The van der Waals surface area contributed by atoms with Gasteiger partial charge in [-0.1, -0.05) is 37.5 Å². The number of aromatic amines is 2. The Kier molecular flexibility index (Phi) is 6.36. The highest BCUT2D eigenvalue weighted by Gasteiger charge is 2.21. The number of halogens is 1. The minimum absolute atomic E-state index is 0.342. The Labute approximate surface area is 197 Å². The van der Waals surface area contributed by atoms with Crippen molar-refractivity contribution in [3.63, 3.8) is 0 Å². The average Bonchev–Trinajstić information content (AvgIpc) is 3.46. The zero-order chi connectivity index (χ0) is 24.2. The number of allylic oxidation sites excluding steroid dienone is 6. The second-order valence-corrected chi connectivity index (χ2v) is 7.60. The maximum absolute atomic E-state index is 15.8. The van der Waals surface area contributed by atoms with Crippen LogP contribution in [0.5, 0.6) is 0 Å². The number of benzene rings is 1. The number of imidazole rings is 1. The molecule has 0 fully saturated rings. The van der Waals surface area contributed by atoms with E-state index in [1.54, 1.807) is 36.6 Å². The molecule has 1 aromatic carbocycles. The number of aromatic nitrogens is 5. The third-order valence-electron chi connectivity index (χ3n) is 5.44. The maximum Gasteiger partial charge on any atom is 0.159 e. The van der Waals surface area contributed by atoms with Gasteiger partial charge in [-0.25, -0.2) is 9.37 Å². The molecular weight excluding hydrogens is 427 g/mol. The van der Waals surface area contributed by atoms with Gasteiger partial charge in [0.05, 0.1) is 22.3 Å². The molecule has 0 unspecified atom stereocenters. The first-order valence-corrected chi connectivity index (χ1v) is 10.7. The lowest BCUT2D eigenvalue weighted by Crippen LogP contribution is -1.96. The van der Waals surface area contributed by atoms with Gasteiger partial charge in [0.1, 0.15) is 11.5 Å². The quantitative estimate of drug-likeness (QED) is 0.307. The van der Waals surface area contributed by atoms with E-state index < -0.39 is 5.82 Å². The Balaban J connectivity index is 1.87. The molecule has 4 aromatic rings. The van der Waals surface area contributed by atoms with Gasteiger partial charge in [-0.2, -0.15) is 5.10 Å². The van der Waals surface area contributed by atoms with Crippen LogP contribution in [0.1, 0.15) is 29.6 Å². The standard InChI is InChI=1S/C27H25FN6/c1-5-10-20(21-11-8-9-14-30-21)25-16(4)31-27(32-25)26-23-22(33-34-26)13-12-19(24(23)28)17(6-2)15-18(29)7-3/h5-15H,1,3,29H2,2,4H3,(H,31,32)(H,33,34)/b17-6+,18-15+,20-10-. The molecule has 0 bridgehead atoms. The van der Waals surface area contributed by atoms with Gasteiger partial charge < -0.3 is 10.7 Å². The molecule has 3 aromatic heterocycles. The monoisotopic (exact) mass is 452 g/mol. The molecular formula is C27H25FN6. The van der Waals surface area contributed by atoms with Crippen molar-refractivity contribution in [2.24, 2.45) is 5.73 Å². The molecule has 0 aliphatic heterocycles. The van der Waals surface area contributed by atoms with Gasteiger partial charge >= 0.3 is 0 Å². The summed E-state index contributed by atoms with van der Waals surface area (Å²) in [4.78, 5) is 12.5. The predicted molar refractivity (Wildman–Crippen MR) is 136 cm³/mol. The third-order valence-corrected chi connectivity index (χ3v) is 5.44. The van der Waals surface area contributed by atoms with Gasteiger partial charge in [0, 0.05) is 28.7 Å². The molecule has 0 saturated carbocycles. The Bertz CT molecular complexity index is 1470. The lowest BCUT2D eigenvalue weighted by molar-refractivity contribution is 0.636. The second kappa shape index (κ2) is 9.54. The van der Waals surface area contributed by atoms with Crippen molar-refractivity contribution in [3.05, 3.63) is 114 Å². The van der Waals surface area contributed by atoms with E-state index in [0.29, 0.717) is 44.9 Å². The highest BCUT2D eigenvalue weighted by Crippen LogP contribution is 2.33. The highest BCUT2D eigenvalue weighted by atomic mass is 19.1. The van der Waals surface area contributed by atoms with E-state index in [4.69, 9.17) is 10.7 Å². The first-order chi connectivity index (χ1) is 16.5. The fraction of sp³-hybridized carbons (Fsp3) is 0.0741. The smallest absolute Gasteiger partial charge is 0.159 e. The fourth-order valence-corrected chi connectivity index (χ4v) is 3.78. The molecule has 7 heteroatoms. The van der Waals surface area contributed by atoms with Crippen molar-refractivity contribution in [2.45, 2.75) is 13.8 Å². The zero-order valence-electron chi connectivity index (χ0n) is 19.1. The van der Waals surface area contributed by atoms with Crippen LogP contribution in [-0.4, -0.2) is 25.1 Å². The SMILES string of the molecule is C=C/C=C(/c1ccccn1)c1nc(-c2n[nH]c3ccc(C(/C=C(/N)C=C)=C/C)c(F)c23)[nH]c1C. The van der Waals surface area contributed by atoms with Gasteiger partial charge in [-0.05, 0) is 55.8 Å². The predicted octanol–water partition coefficient (Wildman–Crippen LogP) is 5.85. The lowest BCUT2D eigenvalue weighted by Gasteiger charge is -2.07. The summed E-state index contributed by atoms with van der Waals surface area (Å²) in [7, 11) is 0. The summed E-state index contributed by atoms with van der Waals surface area (Å²) >= 11 is 0. The number of rotatable bonds is 7. The van der Waals surface area contributed by atoms with Gasteiger partial charge in [-0.3, -0.25) is 10.1 Å². The molecule has 0 aliphatic rings. The molecule has 4 rings (SSSR count). The number of nitrogens with two attached hydrogens (primary N) is 1. The van der Waals surface area contributed by atoms with Crippen molar-refractivity contribution < 1.29 is 4.39 Å². The number of H-pyrrole nitrogens is 2. The minimum atomic E-state index is -0.412. The van der Waals surface area contributed by atoms with Gasteiger partial charge in [0.2, 0.25) is 0 Å². The van der Waals surface area contributed by atoms with E-state index in [0.717, 1.165) is 17.0 Å². The van der Waals surface area contributed by atoms with E-state index >= 15 is 4.39 Å². The Morgan fingerprint density at radius 2 is 2.00 bits per heavy atom. The molecule has 0 saturated heterocycles. The first kappa shape index (κ1) is 22.7. The summed E-state index contributed by atoms with van der Waals surface area (Å²) in [5, 5.41) is 7.62. The molecule has 0 aliphatic carbocycles. The summed E-state index contributed by atoms with van der Waals surface area (Å²) in [5.74, 6) is 0.0357. The molecule has 0 atom stereocenters. The molecule has 0 radical (unpaired) electrons. The molecule has 4 N–H and O–H groups in total. The second-order valence-electron chi connectivity index (χ2n) is 7.60. The van der Waals surface area contributed by atoms with Crippen LogP contribution < -0.4 is 5.73 Å². The third kappa shape index (κ3) is 4.11. The average molecular weight is 453 g/mol. The van der Waals surface area contributed by atoms with Crippen LogP contribution in [0.15, 0.2) is 85.8 Å². The van der Waals surface area contributed by atoms with Crippen LogP contribution in [0.2, 0.25) is 0 Å². The lowest BCUT2D eigenvalue weighted by atomic mass is 10.0. The van der Waals surface area contributed by atoms with E-state index in [1.165, 1.54) is 6.08 Å². The summed E-state index contributed by atoms with van der Waals surface area (Å²) in [6.45, 7) is 11.2. The molecule has 3 heterocycles. The maximum atomic E-state index is 15.8. The van der Waals surface area contributed by atoms with Gasteiger partial charge in [-0.15, -0.1) is 0 Å². The van der Waals surface area contributed by atoms with Gasteiger partial charge in [0.25, 0.3) is 0 Å². The van der Waals surface area contributed by atoms with Crippen molar-refractivity contribution >= 4 is 22.0 Å². The topological polar surface area (TPSA) is 96.3 Å². The Morgan fingerprint density at radius 3 is 2.68 bits per heavy atom. The number of pyridine rings is 1. The summed E-state index contributed by atoms with van der Waals surface area (Å²) < 4.78 is 15.8. The largest absolute Gasteiger partial charge is 0.399 e. The van der Waals surface area contributed by atoms with E-state index in [9.17, 15) is 0 Å². The summed E-state index contributed by atoms with van der Waals surface area (Å²) in [6, 6.07) is 9.16. The van der Waals surface area contributed by atoms with Crippen LogP contribution in [0.3, 0.4) is 0 Å².